The third-order valence-corrected chi connectivity index (χ3v) is 2.38. The average Bonchev–Trinajstić information content (AvgIpc) is 2.61. The quantitative estimate of drug-likeness (QED) is 0.511. The molecule has 0 spiro atoms. The van der Waals surface area contributed by atoms with Gasteiger partial charge in [-0.2, -0.15) is 0 Å². The van der Waals surface area contributed by atoms with Crippen LogP contribution in [0.25, 0.3) is 0 Å². The maximum atomic E-state index is 11.2. The van der Waals surface area contributed by atoms with Crippen LogP contribution >= 0.6 is 0 Å². The van der Waals surface area contributed by atoms with Crippen LogP contribution in [-0.4, -0.2) is 6.10 Å². The lowest BCUT2D eigenvalue weighted by molar-refractivity contribution is -0.613. The Balaban J connectivity index is 2.04. The number of hydrogen-bond donors (Lipinski definition) is 0. The molecule has 1 aliphatic carbocycles. The molecule has 0 unspecified atom stereocenters. The van der Waals surface area contributed by atoms with Gasteiger partial charge in [-0.3, -0.25) is 0 Å². The van der Waals surface area contributed by atoms with E-state index in [2.05, 4.69) is 0 Å². The Morgan fingerprint density at radius 3 is 2.77 bits per heavy atom. The standard InChI is InChI=1S/C10H13NO2/c12-11-8-4-3-7-10(11)13-9-5-1-2-6-9/h3-4,7-9H,1-2,5-6H2. The van der Waals surface area contributed by atoms with E-state index in [1.807, 2.05) is 6.07 Å². The molecule has 0 saturated heterocycles. The fourth-order valence-corrected chi connectivity index (χ4v) is 1.68. The summed E-state index contributed by atoms with van der Waals surface area (Å²) >= 11 is 0. The van der Waals surface area contributed by atoms with E-state index in [4.69, 9.17) is 4.74 Å². The minimum Gasteiger partial charge on any atom is -0.616 e. The van der Waals surface area contributed by atoms with E-state index in [0.717, 1.165) is 17.6 Å². The minimum absolute atomic E-state index is 0.252. The summed E-state index contributed by atoms with van der Waals surface area (Å²) in [6.07, 6.45) is 6.31. The van der Waals surface area contributed by atoms with Gasteiger partial charge in [0.25, 0.3) is 0 Å². The summed E-state index contributed by atoms with van der Waals surface area (Å²) in [4.78, 5) is 0. The third-order valence-electron chi connectivity index (χ3n) is 2.38. The predicted molar refractivity (Wildman–Crippen MR) is 48.3 cm³/mol. The van der Waals surface area contributed by atoms with Gasteiger partial charge in [0.05, 0.1) is 6.07 Å². The van der Waals surface area contributed by atoms with Gasteiger partial charge in [0, 0.05) is 6.07 Å². The van der Waals surface area contributed by atoms with E-state index in [0.29, 0.717) is 5.88 Å². The molecule has 1 heterocycles. The monoisotopic (exact) mass is 179 g/mol. The number of hydrogen-bond acceptors (Lipinski definition) is 2. The number of ether oxygens (including phenoxy) is 1. The Morgan fingerprint density at radius 2 is 2.08 bits per heavy atom. The van der Waals surface area contributed by atoms with Crippen molar-refractivity contribution in [1.82, 2.24) is 0 Å². The van der Waals surface area contributed by atoms with E-state index in [1.54, 1.807) is 12.1 Å². The molecule has 13 heavy (non-hydrogen) atoms. The predicted octanol–water partition coefficient (Wildman–Crippen LogP) is 1.64. The molecule has 0 aliphatic heterocycles. The molecule has 0 amide bonds. The average molecular weight is 179 g/mol. The number of nitrogens with zero attached hydrogens (tertiary/aromatic N) is 1. The summed E-state index contributed by atoms with van der Waals surface area (Å²) in [5.41, 5.74) is 0. The second-order valence-electron chi connectivity index (χ2n) is 3.39. The SMILES string of the molecule is [O-][n+]1ccccc1OC1CCCC1. The first-order valence-electron chi connectivity index (χ1n) is 4.71. The van der Waals surface area contributed by atoms with Crippen molar-refractivity contribution in [1.29, 1.82) is 0 Å². The first kappa shape index (κ1) is 8.35. The van der Waals surface area contributed by atoms with Crippen LogP contribution in [0.1, 0.15) is 25.7 Å². The lowest BCUT2D eigenvalue weighted by atomic mass is 10.3. The van der Waals surface area contributed by atoms with Gasteiger partial charge in [-0.1, -0.05) is 0 Å². The van der Waals surface area contributed by atoms with Gasteiger partial charge < -0.3 is 9.94 Å². The molecule has 1 aromatic heterocycles. The van der Waals surface area contributed by atoms with Gasteiger partial charge in [0.15, 0.2) is 6.20 Å². The topological polar surface area (TPSA) is 36.2 Å². The van der Waals surface area contributed by atoms with E-state index >= 15 is 0 Å². The summed E-state index contributed by atoms with van der Waals surface area (Å²) in [7, 11) is 0. The van der Waals surface area contributed by atoms with Crippen molar-refractivity contribution in [3.8, 4) is 5.88 Å². The highest BCUT2D eigenvalue weighted by Crippen LogP contribution is 2.21. The molecule has 0 aromatic carbocycles. The Labute approximate surface area is 77.5 Å². The van der Waals surface area contributed by atoms with Gasteiger partial charge in [-0.25, -0.2) is 0 Å². The second-order valence-corrected chi connectivity index (χ2v) is 3.39. The normalized spacial score (nSPS) is 17.5. The van der Waals surface area contributed by atoms with Crippen LogP contribution in [0.2, 0.25) is 0 Å². The molecule has 0 radical (unpaired) electrons. The summed E-state index contributed by atoms with van der Waals surface area (Å²) in [5.74, 6) is 0.425. The van der Waals surface area contributed by atoms with Gasteiger partial charge in [-0.15, -0.1) is 4.73 Å². The van der Waals surface area contributed by atoms with Crippen LogP contribution in [0, 0.1) is 5.21 Å². The van der Waals surface area contributed by atoms with Crippen molar-refractivity contribution in [2.24, 2.45) is 0 Å². The molecule has 70 valence electrons. The molecule has 1 aromatic rings. The molecule has 3 nitrogen and oxygen atoms in total. The van der Waals surface area contributed by atoms with E-state index in [1.165, 1.54) is 19.0 Å². The molecule has 1 aliphatic rings. The first-order chi connectivity index (χ1) is 6.36. The summed E-state index contributed by atoms with van der Waals surface area (Å²) in [6.45, 7) is 0. The highest BCUT2D eigenvalue weighted by molar-refractivity contribution is 5.03. The Morgan fingerprint density at radius 1 is 1.31 bits per heavy atom. The van der Waals surface area contributed by atoms with Crippen LogP contribution < -0.4 is 9.47 Å². The molecule has 0 bridgehead atoms. The molecule has 0 N–H and O–H groups in total. The molecular weight excluding hydrogens is 166 g/mol. The summed E-state index contributed by atoms with van der Waals surface area (Å²) < 4.78 is 6.33. The summed E-state index contributed by atoms with van der Waals surface area (Å²) in [6, 6.07) is 5.23. The van der Waals surface area contributed by atoms with Gasteiger partial charge >= 0.3 is 5.88 Å². The molecule has 1 fully saturated rings. The zero-order valence-electron chi connectivity index (χ0n) is 7.48. The second kappa shape index (κ2) is 3.64. The molecule has 0 atom stereocenters. The van der Waals surface area contributed by atoms with Crippen LogP contribution in [0.15, 0.2) is 24.4 Å². The number of pyridine rings is 1. The Hall–Kier alpha value is -1.25. The van der Waals surface area contributed by atoms with E-state index in [-0.39, 0.29) is 6.10 Å². The number of aromatic nitrogens is 1. The molecular formula is C10H13NO2. The molecule has 1 saturated carbocycles. The summed E-state index contributed by atoms with van der Waals surface area (Å²) in [5, 5.41) is 11.2. The number of rotatable bonds is 2. The lowest BCUT2D eigenvalue weighted by Gasteiger charge is -2.11. The Kier molecular flexibility index (Phi) is 2.34. The Bertz CT molecular complexity index is 282. The maximum Gasteiger partial charge on any atom is 0.379 e. The van der Waals surface area contributed by atoms with Crippen molar-refractivity contribution >= 4 is 0 Å². The van der Waals surface area contributed by atoms with Crippen molar-refractivity contribution in [2.45, 2.75) is 31.8 Å². The van der Waals surface area contributed by atoms with Crippen molar-refractivity contribution < 1.29 is 9.47 Å². The fourth-order valence-electron chi connectivity index (χ4n) is 1.68. The first-order valence-corrected chi connectivity index (χ1v) is 4.71. The highest BCUT2D eigenvalue weighted by atomic mass is 16.6. The van der Waals surface area contributed by atoms with E-state index < -0.39 is 0 Å². The van der Waals surface area contributed by atoms with Crippen molar-refractivity contribution in [3.05, 3.63) is 29.6 Å². The highest BCUT2D eigenvalue weighted by Gasteiger charge is 2.19. The smallest absolute Gasteiger partial charge is 0.379 e. The van der Waals surface area contributed by atoms with Crippen LogP contribution in [0.4, 0.5) is 0 Å². The van der Waals surface area contributed by atoms with Crippen molar-refractivity contribution in [2.75, 3.05) is 0 Å². The molecule has 3 heteroatoms. The third kappa shape index (κ3) is 1.91. The van der Waals surface area contributed by atoms with Crippen LogP contribution in [0.5, 0.6) is 5.88 Å². The van der Waals surface area contributed by atoms with E-state index in [9.17, 15) is 5.21 Å². The maximum absolute atomic E-state index is 11.2. The lowest BCUT2D eigenvalue weighted by Crippen LogP contribution is -2.30. The van der Waals surface area contributed by atoms with Gasteiger partial charge in [0.1, 0.15) is 6.10 Å². The fraction of sp³-hybridized carbons (Fsp3) is 0.500. The van der Waals surface area contributed by atoms with Gasteiger partial charge in [-0.05, 0) is 31.7 Å². The minimum atomic E-state index is 0.252. The zero-order chi connectivity index (χ0) is 9.10. The molecule has 2 rings (SSSR count). The zero-order valence-corrected chi connectivity index (χ0v) is 7.48. The van der Waals surface area contributed by atoms with Gasteiger partial charge in [0.2, 0.25) is 0 Å². The van der Waals surface area contributed by atoms with Crippen LogP contribution in [-0.2, 0) is 0 Å². The van der Waals surface area contributed by atoms with Crippen LogP contribution in [0.3, 0.4) is 0 Å². The van der Waals surface area contributed by atoms with Crippen molar-refractivity contribution in [3.63, 3.8) is 0 Å². The largest absolute Gasteiger partial charge is 0.616 e.